The molecule has 0 spiro atoms. The minimum Gasteiger partial charge on any atom is -0.464 e. The summed E-state index contributed by atoms with van der Waals surface area (Å²) in [4.78, 5) is 26.3. The molecule has 1 aromatic heterocycles. The van der Waals surface area contributed by atoms with E-state index in [1.807, 2.05) is 0 Å². The van der Waals surface area contributed by atoms with E-state index in [0.717, 1.165) is 22.8 Å². The second kappa shape index (κ2) is 6.77. The summed E-state index contributed by atoms with van der Waals surface area (Å²) in [6, 6.07) is 0. The number of nitrogens with zero attached hydrogens (tertiary/aromatic N) is 2. The van der Waals surface area contributed by atoms with Gasteiger partial charge in [-0.05, 0) is 0 Å². The molecule has 0 aliphatic heterocycles. The number of rotatable bonds is 6. The van der Waals surface area contributed by atoms with Crippen molar-refractivity contribution >= 4 is 33.2 Å². The number of amides is 1. The summed E-state index contributed by atoms with van der Waals surface area (Å²) >= 11 is 0.826. The Balaban J connectivity index is 2.96. The predicted octanol–water partition coefficient (Wildman–Crippen LogP) is -0.314. The monoisotopic (exact) mass is 321 g/mol. The van der Waals surface area contributed by atoms with E-state index in [9.17, 15) is 18.0 Å². The minimum absolute atomic E-state index is 0.000515. The molecule has 112 valence electrons. The lowest BCUT2D eigenvalue weighted by Gasteiger charge is -2.15. The minimum atomic E-state index is -3.88. The summed E-state index contributed by atoms with van der Waals surface area (Å²) < 4.78 is 29.9. The van der Waals surface area contributed by atoms with Gasteiger partial charge in [-0.15, -0.1) is 11.3 Å². The van der Waals surface area contributed by atoms with Crippen LogP contribution in [0.3, 0.4) is 0 Å². The van der Waals surface area contributed by atoms with Crippen molar-refractivity contribution < 1.29 is 22.7 Å². The van der Waals surface area contributed by atoms with Gasteiger partial charge >= 0.3 is 5.97 Å². The van der Waals surface area contributed by atoms with Crippen LogP contribution in [0.25, 0.3) is 0 Å². The third-order valence-corrected chi connectivity index (χ3v) is 5.69. The lowest BCUT2D eigenvalue weighted by Crippen LogP contribution is -2.31. The molecule has 0 aliphatic carbocycles. The van der Waals surface area contributed by atoms with Crippen LogP contribution in [0.4, 0.5) is 0 Å². The van der Waals surface area contributed by atoms with Crippen molar-refractivity contribution in [3.05, 3.63) is 11.2 Å². The van der Waals surface area contributed by atoms with Gasteiger partial charge in [0.2, 0.25) is 5.91 Å². The number of nitrogens with one attached hydrogen (secondary N) is 1. The van der Waals surface area contributed by atoms with Gasteiger partial charge in [0.05, 0.1) is 12.6 Å². The fraction of sp³-hybridized carbons (Fsp3) is 0.500. The molecule has 1 rings (SSSR count). The number of sulfonamides is 1. The van der Waals surface area contributed by atoms with E-state index >= 15 is 0 Å². The number of carbonyl (C=O) groups excluding carboxylic acids is 2. The lowest BCUT2D eigenvalue weighted by molar-refractivity contribution is -0.120. The summed E-state index contributed by atoms with van der Waals surface area (Å²) in [6.45, 7) is 0.000515. The van der Waals surface area contributed by atoms with Gasteiger partial charge in [0.25, 0.3) is 10.0 Å². The van der Waals surface area contributed by atoms with E-state index in [1.54, 1.807) is 0 Å². The smallest absolute Gasteiger partial charge is 0.358 e. The predicted molar refractivity (Wildman–Crippen MR) is 72.0 cm³/mol. The molecule has 0 atom stereocenters. The second-order valence-corrected chi connectivity index (χ2v) is 6.82. The molecule has 10 heteroatoms. The summed E-state index contributed by atoms with van der Waals surface area (Å²) in [7, 11) is 0.0695. The Morgan fingerprint density at radius 1 is 1.50 bits per heavy atom. The van der Waals surface area contributed by atoms with Crippen LogP contribution in [0.2, 0.25) is 0 Å². The molecule has 0 aromatic carbocycles. The Morgan fingerprint density at radius 2 is 2.15 bits per heavy atom. The van der Waals surface area contributed by atoms with E-state index in [4.69, 9.17) is 0 Å². The van der Waals surface area contributed by atoms with E-state index in [0.29, 0.717) is 0 Å². The van der Waals surface area contributed by atoms with Crippen molar-refractivity contribution in [3.8, 4) is 0 Å². The Hall–Kier alpha value is -1.52. The van der Waals surface area contributed by atoms with Crippen LogP contribution in [0.5, 0.6) is 0 Å². The Kier molecular flexibility index (Phi) is 5.60. The number of esters is 1. The first-order valence-corrected chi connectivity index (χ1v) is 7.85. The van der Waals surface area contributed by atoms with Crippen LogP contribution in [-0.2, 0) is 19.6 Å². The normalized spacial score (nSPS) is 11.4. The fourth-order valence-corrected chi connectivity index (χ4v) is 3.79. The molecule has 0 aliphatic rings. The van der Waals surface area contributed by atoms with Crippen molar-refractivity contribution in [2.45, 2.75) is 10.6 Å². The highest BCUT2D eigenvalue weighted by atomic mass is 32.2. The molecule has 0 unspecified atom stereocenters. The van der Waals surface area contributed by atoms with Gasteiger partial charge in [-0.2, -0.15) is 4.31 Å². The highest BCUT2D eigenvalue weighted by molar-refractivity contribution is 7.91. The maximum Gasteiger partial charge on any atom is 0.358 e. The molecular weight excluding hydrogens is 306 g/mol. The first-order valence-electron chi connectivity index (χ1n) is 5.53. The van der Waals surface area contributed by atoms with Crippen LogP contribution in [0.15, 0.2) is 9.72 Å². The van der Waals surface area contributed by atoms with E-state index in [2.05, 4.69) is 15.0 Å². The average molecular weight is 321 g/mol. The maximum absolute atomic E-state index is 12.3. The van der Waals surface area contributed by atoms with Crippen LogP contribution < -0.4 is 5.32 Å². The highest BCUT2D eigenvalue weighted by Crippen LogP contribution is 2.23. The van der Waals surface area contributed by atoms with E-state index < -0.39 is 16.0 Å². The summed E-state index contributed by atoms with van der Waals surface area (Å²) in [5.41, 5.74) is 1.01. The van der Waals surface area contributed by atoms with Gasteiger partial charge in [0.1, 0.15) is 0 Å². The van der Waals surface area contributed by atoms with E-state index in [1.165, 1.54) is 19.6 Å². The zero-order valence-corrected chi connectivity index (χ0v) is 12.9. The molecule has 0 radical (unpaired) electrons. The topological polar surface area (TPSA) is 106 Å². The van der Waals surface area contributed by atoms with Crippen molar-refractivity contribution in [3.63, 3.8) is 0 Å². The zero-order chi connectivity index (χ0) is 15.3. The standard InChI is InChI=1S/C10H15N3O5S2/c1-11-7(14)4-5-13(2)20(16,17)10-8(9(15)18-3)12-6-19-10/h6H,4-5H2,1-3H3,(H,11,14). The highest BCUT2D eigenvalue weighted by Gasteiger charge is 2.30. The van der Waals surface area contributed by atoms with Gasteiger partial charge in [-0.3, -0.25) is 4.79 Å². The number of ether oxygens (including phenoxy) is 1. The second-order valence-electron chi connectivity index (χ2n) is 3.73. The molecule has 1 amide bonds. The summed E-state index contributed by atoms with van der Waals surface area (Å²) in [6.07, 6.45) is 0.0264. The Bertz CT molecular complexity index is 596. The van der Waals surface area contributed by atoms with Crippen molar-refractivity contribution in [1.29, 1.82) is 0 Å². The summed E-state index contributed by atoms with van der Waals surface area (Å²) in [5, 5.41) is 2.40. The molecule has 0 saturated heterocycles. The number of methoxy groups -OCH3 is 1. The van der Waals surface area contributed by atoms with E-state index in [-0.39, 0.29) is 28.8 Å². The quantitative estimate of drug-likeness (QED) is 0.720. The molecule has 0 bridgehead atoms. The number of hydrogen-bond donors (Lipinski definition) is 1. The van der Waals surface area contributed by atoms with Crippen LogP contribution >= 0.6 is 11.3 Å². The van der Waals surface area contributed by atoms with Crippen molar-refractivity contribution in [1.82, 2.24) is 14.6 Å². The number of hydrogen-bond acceptors (Lipinski definition) is 7. The fourth-order valence-electron chi connectivity index (χ4n) is 1.30. The van der Waals surface area contributed by atoms with Gasteiger partial charge in [0, 0.05) is 27.1 Å². The SMILES string of the molecule is CNC(=O)CCN(C)S(=O)(=O)c1scnc1C(=O)OC. The van der Waals surface area contributed by atoms with Gasteiger partial charge in [0.15, 0.2) is 9.90 Å². The molecule has 1 heterocycles. The largest absolute Gasteiger partial charge is 0.464 e. The summed E-state index contributed by atoms with van der Waals surface area (Å²) in [5.74, 6) is -1.09. The zero-order valence-electron chi connectivity index (χ0n) is 11.2. The first-order chi connectivity index (χ1) is 9.34. The van der Waals surface area contributed by atoms with Crippen LogP contribution in [0, 0.1) is 0 Å². The molecule has 0 saturated carbocycles. The molecule has 8 nitrogen and oxygen atoms in total. The molecule has 1 aromatic rings. The average Bonchev–Trinajstić information content (AvgIpc) is 2.93. The first kappa shape index (κ1) is 16.5. The Labute approximate surface area is 120 Å². The Morgan fingerprint density at radius 3 is 2.70 bits per heavy atom. The van der Waals surface area contributed by atoms with Gasteiger partial charge in [-0.1, -0.05) is 0 Å². The number of thiazole rings is 1. The molecule has 1 N–H and O–H groups in total. The number of carbonyl (C=O) groups is 2. The molecule has 0 fully saturated rings. The van der Waals surface area contributed by atoms with Crippen molar-refractivity contribution in [2.75, 3.05) is 27.7 Å². The molecular formula is C10H15N3O5S2. The lowest BCUT2D eigenvalue weighted by atomic mass is 10.4. The van der Waals surface area contributed by atoms with Gasteiger partial charge < -0.3 is 10.1 Å². The van der Waals surface area contributed by atoms with Gasteiger partial charge in [-0.25, -0.2) is 18.2 Å². The number of aromatic nitrogens is 1. The maximum atomic E-state index is 12.3. The van der Waals surface area contributed by atoms with Crippen LogP contribution in [-0.4, -0.2) is 57.3 Å². The molecule has 20 heavy (non-hydrogen) atoms. The third-order valence-electron chi connectivity index (χ3n) is 2.49. The van der Waals surface area contributed by atoms with Crippen LogP contribution in [0.1, 0.15) is 16.9 Å². The third kappa shape index (κ3) is 3.52. The van der Waals surface area contributed by atoms with Crippen molar-refractivity contribution in [2.24, 2.45) is 0 Å².